The molecule has 3 nitrogen and oxygen atoms in total. The van der Waals surface area contributed by atoms with Crippen LogP contribution < -0.4 is 10.6 Å². The molecule has 1 amide bonds. The Morgan fingerprint density at radius 3 is 2.86 bits per heavy atom. The highest BCUT2D eigenvalue weighted by atomic mass is 16.1. The van der Waals surface area contributed by atoms with Crippen molar-refractivity contribution >= 4 is 11.6 Å². The molecule has 0 aliphatic heterocycles. The molecule has 1 aromatic carbocycles. The van der Waals surface area contributed by atoms with Crippen LogP contribution in [0.15, 0.2) is 18.2 Å². The topological polar surface area (TPSA) is 41.1 Å². The van der Waals surface area contributed by atoms with E-state index in [9.17, 15) is 4.79 Å². The summed E-state index contributed by atoms with van der Waals surface area (Å²) in [5.74, 6) is 1.49. The number of hydrogen-bond acceptors (Lipinski definition) is 2. The zero-order valence-corrected chi connectivity index (χ0v) is 13.5. The molecule has 2 rings (SSSR count). The highest BCUT2D eigenvalue weighted by Gasteiger charge is 2.20. The monoisotopic (exact) mass is 288 g/mol. The van der Waals surface area contributed by atoms with E-state index in [0.29, 0.717) is 5.92 Å². The van der Waals surface area contributed by atoms with Crippen molar-refractivity contribution in [3.05, 3.63) is 29.3 Å². The summed E-state index contributed by atoms with van der Waals surface area (Å²) < 4.78 is 0. The van der Waals surface area contributed by atoms with E-state index in [4.69, 9.17) is 0 Å². The van der Waals surface area contributed by atoms with E-state index >= 15 is 0 Å². The number of amides is 1. The van der Waals surface area contributed by atoms with Gasteiger partial charge >= 0.3 is 0 Å². The molecule has 1 aromatic rings. The van der Waals surface area contributed by atoms with E-state index in [1.165, 1.54) is 31.2 Å². The van der Waals surface area contributed by atoms with Crippen LogP contribution in [-0.2, 0) is 0 Å². The van der Waals surface area contributed by atoms with E-state index < -0.39 is 0 Å². The summed E-state index contributed by atoms with van der Waals surface area (Å²) in [6.45, 7) is 8.04. The van der Waals surface area contributed by atoms with Crippen molar-refractivity contribution in [1.29, 1.82) is 0 Å². The van der Waals surface area contributed by atoms with Crippen molar-refractivity contribution in [2.24, 2.45) is 11.8 Å². The first-order valence-electron chi connectivity index (χ1n) is 8.22. The number of rotatable bonds is 5. The quantitative estimate of drug-likeness (QED) is 0.860. The van der Waals surface area contributed by atoms with E-state index in [2.05, 4.69) is 17.6 Å². The SMILES string of the molecule is CCNc1cc(C)ccc1C(=O)NCC1CCCC(C)C1. The van der Waals surface area contributed by atoms with Gasteiger partial charge in [0.25, 0.3) is 5.91 Å². The van der Waals surface area contributed by atoms with Crippen LogP contribution in [0.4, 0.5) is 5.69 Å². The van der Waals surface area contributed by atoms with Crippen molar-refractivity contribution in [2.75, 3.05) is 18.4 Å². The number of aryl methyl sites for hydroxylation is 1. The average molecular weight is 288 g/mol. The van der Waals surface area contributed by atoms with Gasteiger partial charge in [0, 0.05) is 18.8 Å². The fourth-order valence-electron chi connectivity index (χ4n) is 3.27. The summed E-state index contributed by atoms with van der Waals surface area (Å²) in [6.07, 6.45) is 5.13. The van der Waals surface area contributed by atoms with Crippen LogP contribution in [0.3, 0.4) is 0 Å². The third-order valence-corrected chi connectivity index (χ3v) is 4.38. The first-order chi connectivity index (χ1) is 10.1. The van der Waals surface area contributed by atoms with Gasteiger partial charge in [0.15, 0.2) is 0 Å². The van der Waals surface area contributed by atoms with Gasteiger partial charge < -0.3 is 10.6 Å². The molecule has 1 fully saturated rings. The van der Waals surface area contributed by atoms with Gasteiger partial charge in [-0.1, -0.05) is 25.8 Å². The van der Waals surface area contributed by atoms with Gasteiger partial charge in [-0.2, -0.15) is 0 Å². The molecule has 116 valence electrons. The van der Waals surface area contributed by atoms with Crippen LogP contribution in [-0.4, -0.2) is 19.0 Å². The number of hydrogen-bond donors (Lipinski definition) is 2. The molecule has 21 heavy (non-hydrogen) atoms. The predicted molar refractivity (Wildman–Crippen MR) is 88.8 cm³/mol. The second-order valence-electron chi connectivity index (χ2n) is 6.43. The predicted octanol–water partition coefficient (Wildman–Crippen LogP) is 3.98. The Morgan fingerprint density at radius 2 is 2.14 bits per heavy atom. The van der Waals surface area contributed by atoms with Gasteiger partial charge in [-0.05, 0) is 56.2 Å². The number of carbonyl (C=O) groups excluding carboxylic acids is 1. The molecule has 0 bridgehead atoms. The normalized spacial score (nSPS) is 21.9. The maximum atomic E-state index is 12.4. The largest absolute Gasteiger partial charge is 0.385 e. The summed E-state index contributed by atoms with van der Waals surface area (Å²) in [5, 5.41) is 6.41. The molecule has 1 aliphatic carbocycles. The fraction of sp³-hybridized carbons (Fsp3) is 0.611. The van der Waals surface area contributed by atoms with Crippen LogP contribution in [0.25, 0.3) is 0 Å². The van der Waals surface area contributed by atoms with Crippen molar-refractivity contribution in [1.82, 2.24) is 5.32 Å². The van der Waals surface area contributed by atoms with Gasteiger partial charge in [0.1, 0.15) is 0 Å². The number of nitrogens with one attached hydrogen (secondary N) is 2. The van der Waals surface area contributed by atoms with Gasteiger partial charge in [-0.25, -0.2) is 0 Å². The van der Waals surface area contributed by atoms with Crippen LogP contribution in [0.2, 0.25) is 0 Å². The third kappa shape index (κ3) is 4.48. The minimum absolute atomic E-state index is 0.0455. The smallest absolute Gasteiger partial charge is 0.253 e. The standard InChI is InChI=1S/C18H28N2O/c1-4-19-17-11-14(3)8-9-16(17)18(21)20-12-15-7-5-6-13(2)10-15/h8-9,11,13,15,19H,4-7,10,12H2,1-3H3,(H,20,21). The highest BCUT2D eigenvalue weighted by molar-refractivity contribution is 5.99. The number of anilines is 1. The molecule has 2 atom stereocenters. The van der Waals surface area contributed by atoms with Crippen LogP contribution >= 0.6 is 0 Å². The Morgan fingerprint density at radius 1 is 1.33 bits per heavy atom. The molecule has 1 aliphatic rings. The Hall–Kier alpha value is -1.51. The summed E-state index contributed by atoms with van der Waals surface area (Å²) in [6, 6.07) is 5.96. The Bertz CT molecular complexity index is 484. The lowest BCUT2D eigenvalue weighted by molar-refractivity contribution is 0.0941. The molecule has 0 spiro atoms. The summed E-state index contributed by atoms with van der Waals surface area (Å²) in [4.78, 5) is 12.4. The molecule has 1 saturated carbocycles. The van der Waals surface area contributed by atoms with E-state index in [-0.39, 0.29) is 5.91 Å². The van der Waals surface area contributed by atoms with E-state index in [0.717, 1.165) is 30.3 Å². The van der Waals surface area contributed by atoms with Crippen molar-refractivity contribution in [3.63, 3.8) is 0 Å². The molecule has 2 unspecified atom stereocenters. The zero-order chi connectivity index (χ0) is 15.2. The molecular formula is C18H28N2O. The van der Waals surface area contributed by atoms with Gasteiger partial charge in [-0.15, -0.1) is 0 Å². The van der Waals surface area contributed by atoms with Crippen molar-refractivity contribution < 1.29 is 4.79 Å². The molecule has 0 saturated heterocycles. The third-order valence-electron chi connectivity index (χ3n) is 4.38. The molecular weight excluding hydrogens is 260 g/mol. The van der Waals surface area contributed by atoms with Gasteiger partial charge in [0.2, 0.25) is 0 Å². The maximum absolute atomic E-state index is 12.4. The van der Waals surface area contributed by atoms with E-state index in [1.54, 1.807) is 0 Å². The van der Waals surface area contributed by atoms with Crippen LogP contribution in [0, 0.1) is 18.8 Å². The molecule has 0 radical (unpaired) electrons. The first-order valence-corrected chi connectivity index (χ1v) is 8.22. The maximum Gasteiger partial charge on any atom is 0.253 e. The summed E-state index contributed by atoms with van der Waals surface area (Å²) >= 11 is 0. The minimum atomic E-state index is 0.0455. The molecule has 0 aromatic heterocycles. The van der Waals surface area contributed by atoms with E-state index in [1.807, 2.05) is 32.0 Å². The summed E-state index contributed by atoms with van der Waals surface area (Å²) in [5.41, 5.74) is 2.86. The molecule has 3 heteroatoms. The number of carbonyl (C=O) groups is 1. The Kier molecular flexibility index (Phi) is 5.66. The molecule has 0 heterocycles. The summed E-state index contributed by atoms with van der Waals surface area (Å²) in [7, 11) is 0. The minimum Gasteiger partial charge on any atom is -0.385 e. The molecule has 2 N–H and O–H groups in total. The zero-order valence-electron chi connectivity index (χ0n) is 13.5. The lowest BCUT2D eigenvalue weighted by atomic mass is 9.82. The lowest BCUT2D eigenvalue weighted by Gasteiger charge is -2.26. The fourth-order valence-corrected chi connectivity index (χ4v) is 3.27. The van der Waals surface area contributed by atoms with Crippen LogP contribution in [0.5, 0.6) is 0 Å². The van der Waals surface area contributed by atoms with Crippen LogP contribution in [0.1, 0.15) is 55.5 Å². The first kappa shape index (κ1) is 15.9. The van der Waals surface area contributed by atoms with Gasteiger partial charge in [0.05, 0.1) is 5.56 Å². The van der Waals surface area contributed by atoms with Crippen molar-refractivity contribution in [2.45, 2.75) is 46.5 Å². The Labute approximate surface area is 128 Å². The highest BCUT2D eigenvalue weighted by Crippen LogP contribution is 2.28. The average Bonchev–Trinajstić information content (AvgIpc) is 2.45. The second-order valence-corrected chi connectivity index (χ2v) is 6.43. The van der Waals surface area contributed by atoms with Gasteiger partial charge in [-0.3, -0.25) is 4.79 Å². The Balaban J connectivity index is 1.96. The van der Waals surface area contributed by atoms with Crippen molar-refractivity contribution in [3.8, 4) is 0 Å². The number of benzene rings is 1. The lowest BCUT2D eigenvalue weighted by Crippen LogP contribution is -2.32. The second kappa shape index (κ2) is 7.48.